The molecular weight excluding hydrogens is 282 g/mol. The van der Waals surface area contributed by atoms with Crippen LogP contribution in [0.5, 0.6) is 0 Å². The zero-order valence-electron chi connectivity index (χ0n) is 10.8. The third-order valence-electron chi connectivity index (χ3n) is 2.55. The Kier molecular flexibility index (Phi) is 5.80. The number of nitriles is 1. The van der Waals surface area contributed by atoms with E-state index in [1.807, 2.05) is 6.07 Å². The van der Waals surface area contributed by atoms with Crippen molar-refractivity contribution in [2.24, 2.45) is 0 Å². The van der Waals surface area contributed by atoms with E-state index in [9.17, 15) is 19.1 Å². The first-order valence-corrected chi connectivity index (χ1v) is 7.02. The molecule has 0 radical (unpaired) electrons. The summed E-state index contributed by atoms with van der Waals surface area (Å²) in [5.74, 6) is -0.760. The zero-order chi connectivity index (χ0) is 15.1. The van der Waals surface area contributed by atoms with Gasteiger partial charge in [-0.3, -0.25) is 19.1 Å². The lowest BCUT2D eigenvalue weighted by Gasteiger charge is -2.14. The lowest BCUT2D eigenvalue weighted by atomic mass is 10.3. The van der Waals surface area contributed by atoms with E-state index in [-0.39, 0.29) is 29.3 Å². The third kappa shape index (κ3) is 4.13. The number of nitrogens with zero attached hydrogens (tertiary/aromatic N) is 3. The van der Waals surface area contributed by atoms with E-state index in [4.69, 9.17) is 5.26 Å². The summed E-state index contributed by atoms with van der Waals surface area (Å²) in [6.07, 6.45) is 0.181. The van der Waals surface area contributed by atoms with Gasteiger partial charge in [0.1, 0.15) is 10.6 Å². The maximum absolute atomic E-state index is 12.1. The summed E-state index contributed by atoms with van der Waals surface area (Å²) in [6.45, 7) is 0.240. The van der Waals surface area contributed by atoms with E-state index in [2.05, 4.69) is 0 Å². The van der Waals surface area contributed by atoms with E-state index in [1.54, 1.807) is 0 Å². The van der Waals surface area contributed by atoms with Crippen LogP contribution in [-0.2, 0) is 15.6 Å². The Labute approximate surface area is 118 Å². The summed E-state index contributed by atoms with van der Waals surface area (Å²) < 4.78 is 12.1. The van der Waals surface area contributed by atoms with E-state index in [1.165, 1.54) is 36.2 Å². The minimum absolute atomic E-state index is 0.0273. The molecule has 0 fully saturated rings. The highest BCUT2D eigenvalue weighted by Gasteiger charge is 2.21. The van der Waals surface area contributed by atoms with Crippen molar-refractivity contribution in [3.63, 3.8) is 0 Å². The van der Waals surface area contributed by atoms with Gasteiger partial charge in [0, 0.05) is 19.7 Å². The number of benzene rings is 1. The predicted molar refractivity (Wildman–Crippen MR) is 72.2 cm³/mol. The smallest absolute Gasteiger partial charge is 0.285 e. The summed E-state index contributed by atoms with van der Waals surface area (Å²) >= 11 is 0. The minimum Gasteiger partial charge on any atom is -0.344 e. The van der Waals surface area contributed by atoms with Crippen molar-refractivity contribution >= 4 is 22.4 Å². The highest BCUT2D eigenvalue weighted by atomic mass is 32.2. The molecule has 0 N–H and O–H groups in total. The summed E-state index contributed by atoms with van der Waals surface area (Å²) in [5, 5.41) is 19.3. The molecule has 1 rings (SSSR count). The van der Waals surface area contributed by atoms with Gasteiger partial charge in [0.25, 0.3) is 5.69 Å². The fourth-order valence-corrected chi connectivity index (χ4v) is 2.65. The van der Waals surface area contributed by atoms with Crippen LogP contribution in [0, 0.1) is 21.4 Å². The lowest BCUT2D eigenvalue weighted by Crippen LogP contribution is -2.31. The molecule has 0 saturated carbocycles. The Balaban J connectivity index is 2.80. The van der Waals surface area contributed by atoms with Gasteiger partial charge >= 0.3 is 0 Å². The van der Waals surface area contributed by atoms with E-state index >= 15 is 0 Å². The van der Waals surface area contributed by atoms with E-state index in [0.717, 1.165) is 0 Å². The second kappa shape index (κ2) is 7.35. The van der Waals surface area contributed by atoms with Gasteiger partial charge in [-0.05, 0) is 6.07 Å². The standard InChI is InChI=1S/C12H13N3O4S/c1-14(8-4-7-13)12(16)9-20(19)11-6-3-2-5-10(11)15(17)18/h2-3,5-6H,4,8-9H2,1H3. The molecule has 0 aliphatic carbocycles. The van der Waals surface area contributed by atoms with Crippen molar-refractivity contribution in [1.82, 2.24) is 4.90 Å². The lowest BCUT2D eigenvalue weighted by molar-refractivity contribution is -0.387. The van der Waals surface area contributed by atoms with Crippen LogP contribution in [0.3, 0.4) is 0 Å². The molecule has 106 valence electrons. The van der Waals surface area contributed by atoms with Crippen molar-refractivity contribution in [3.05, 3.63) is 34.4 Å². The van der Waals surface area contributed by atoms with E-state index < -0.39 is 21.6 Å². The molecule has 0 aromatic heterocycles. The Hall–Kier alpha value is -2.27. The summed E-state index contributed by atoms with van der Waals surface area (Å²) in [6, 6.07) is 7.53. The number of para-hydroxylation sites is 1. The number of carbonyl (C=O) groups is 1. The number of hydrogen-bond acceptors (Lipinski definition) is 5. The van der Waals surface area contributed by atoms with Crippen LogP contribution in [-0.4, -0.2) is 39.3 Å². The summed E-state index contributed by atoms with van der Waals surface area (Å²) in [5.41, 5.74) is -0.265. The minimum atomic E-state index is -1.79. The van der Waals surface area contributed by atoms with Crippen molar-refractivity contribution in [2.45, 2.75) is 11.3 Å². The second-order valence-corrected chi connectivity index (χ2v) is 5.36. The number of rotatable bonds is 6. The van der Waals surface area contributed by atoms with Crippen LogP contribution in [0.4, 0.5) is 5.69 Å². The molecule has 0 aliphatic heterocycles. The van der Waals surface area contributed by atoms with Crippen LogP contribution >= 0.6 is 0 Å². The van der Waals surface area contributed by atoms with Gasteiger partial charge in [-0.25, -0.2) is 0 Å². The molecule has 0 saturated heterocycles. The van der Waals surface area contributed by atoms with Crippen LogP contribution in [0.1, 0.15) is 6.42 Å². The SMILES string of the molecule is CN(CCC#N)C(=O)CS(=O)c1ccccc1[N+](=O)[O-]. The maximum Gasteiger partial charge on any atom is 0.285 e. The highest BCUT2D eigenvalue weighted by molar-refractivity contribution is 7.86. The number of amides is 1. The van der Waals surface area contributed by atoms with Gasteiger partial charge < -0.3 is 4.90 Å². The number of hydrogen-bond donors (Lipinski definition) is 0. The molecule has 0 heterocycles. The van der Waals surface area contributed by atoms with Crippen LogP contribution in [0.2, 0.25) is 0 Å². The number of nitro groups is 1. The number of carbonyl (C=O) groups excluding carboxylic acids is 1. The normalized spacial score (nSPS) is 11.4. The second-order valence-electron chi connectivity index (χ2n) is 3.94. The predicted octanol–water partition coefficient (Wildman–Crippen LogP) is 1.07. The fourth-order valence-electron chi connectivity index (χ4n) is 1.44. The van der Waals surface area contributed by atoms with Gasteiger partial charge in [-0.2, -0.15) is 5.26 Å². The van der Waals surface area contributed by atoms with Crippen LogP contribution in [0.25, 0.3) is 0 Å². The van der Waals surface area contributed by atoms with Gasteiger partial charge in [-0.15, -0.1) is 0 Å². The zero-order valence-corrected chi connectivity index (χ0v) is 11.6. The largest absolute Gasteiger partial charge is 0.344 e. The van der Waals surface area contributed by atoms with Gasteiger partial charge in [0.2, 0.25) is 5.91 Å². The maximum atomic E-state index is 12.1. The molecule has 0 bridgehead atoms. The molecule has 0 spiro atoms. The molecule has 8 heteroatoms. The van der Waals surface area contributed by atoms with Crippen molar-refractivity contribution in [1.29, 1.82) is 5.26 Å². The first-order valence-electron chi connectivity index (χ1n) is 5.70. The van der Waals surface area contributed by atoms with Crippen molar-refractivity contribution in [2.75, 3.05) is 19.3 Å². The molecular formula is C12H13N3O4S. The van der Waals surface area contributed by atoms with Crippen LogP contribution in [0.15, 0.2) is 29.2 Å². The highest BCUT2D eigenvalue weighted by Crippen LogP contribution is 2.21. The Morgan fingerprint density at radius 2 is 2.15 bits per heavy atom. The fraction of sp³-hybridized carbons (Fsp3) is 0.333. The van der Waals surface area contributed by atoms with Crippen molar-refractivity contribution < 1.29 is 13.9 Å². The Bertz CT molecular complexity index is 582. The first kappa shape index (κ1) is 15.8. The third-order valence-corrected chi connectivity index (χ3v) is 3.89. The average molecular weight is 295 g/mol. The molecule has 1 unspecified atom stereocenters. The molecule has 1 amide bonds. The quantitative estimate of drug-likeness (QED) is 0.576. The molecule has 1 atom stereocenters. The summed E-state index contributed by atoms with van der Waals surface area (Å²) in [7, 11) is -0.291. The molecule has 0 aliphatic rings. The molecule has 7 nitrogen and oxygen atoms in total. The molecule has 1 aromatic carbocycles. The monoisotopic (exact) mass is 295 g/mol. The van der Waals surface area contributed by atoms with Crippen LogP contribution < -0.4 is 0 Å². The number of nitro benzene ring substituents is 1. The summed E-state index contributed by atoms with van der Waals surface area (Å²) in [4.78, 5) is 23.3. The Morgan fingerprint density at radius 3 is 2.75 bits per heavy atom. The van der Waals surface area contributed by atoms with Crippen molar-refractivity contribution in [3.8, 4) is 6.07 Å². The molecule has 1 aromatic rings. The Morgan fingerprint density at radius 1 is 1.50 bits per heavy atom. The average Bonchev–Trinajstić information content (AvgIpc) is 2.44. The van der Waals surface area contributed by atoms with E-state index in [0.29, 0.717) is 0 Å². The van der Waals surface area contributed by atoms with Gasteiger partial charge in [0.05, 0.1) is 28.2 Å². The topological polar surface area (TPSA) is 104 Å². The first-order chi connectivity index (χ1) is 9.47. The van der Waals surface area contributed by atoms with Gasteiger partial charge in [0.15, 0.2) is 0 Å². The molecule has 20 heavy (non-hydrogen) atoms. The van der Waals surface area contributed by atoms with Gasteiger partial charge in [-0.1, -0.05) is 12.1 Å².